The van der Waals surface area contributed by atoms with E-state index in [2.05, 4.69) is 0 Å². The van der Waals surface area contributed by atoms with E-state index in [0.29, 0.717) is 24.2 Å². The highest BCUT2D eigenvalue weighted by Crippen LogP contribution is 2.36. The molecule has 1 atom stereocenters. The molecule has 0 spiro atoms. The summed E-state index contributed by atoms with van der Waals surface area (Å²) in [5.74, 6) is -0.698. The summed E-state index contributed by atoms with van der Waals surface area (Å²) in [6, 6.07) is 17.9. The van der Waals surface area contributed by atoms with Crippen LogP contribution in [-0.4, -0.2) is 38.9 Å². The Hall–Kier alpha value is -3.39. The second-order valence-electron chi connectivity index (χ2n) is 8.30. The van der Waals surface area contributed by atoms with Crippen molar-refractivity contribution in [2.45, 2.75) is 37.8 Å². The van der Waals surface area contributed by atoms with Crippen LogP contribution in [0, 0.1) is 5.82 Å². The van der Waals surface area contributed by atoms with E-state index in [1.807, 2.05) is 32.0 Å². The SMILES string of the molecule is CCN(Cc1ccc(OC)c(F)c1)C(=O)c1cccc(S(=O)(=O)N2c3ccccc3CC2C)c1. The number of nitrogens with zero attached hydrogens (tertiary/aromatic N) is 2. The Balaban J connectivity index is 1.61. The number of benzene rings is 3. The van der Waals surface area contributed by atoms with Gasteiger partial charge in [-0.1, -0.05) is 30.3 Å². The van der Waals surface area contributed by atoms with E-state index in [9.17, 15) is 17.6 Å². The van der Waals surface area contributed by atoms with Crippen molar-refractivity contribution in [3.05, 3.63) is 89.2 Å². The molecule has 1 aliphatic heterocycles. The fourth-order valence-corrected chi connectivity index (χ4v) is 6.08. The largest absolute Gasteiger partial charge is 0.494 e. The molecule has 0 aromatic heterocycles. The minimum absolute atomic E-state index is 0.0634. The van der Waals surface area contributed by atoms with Crippen LogP contribution >= 0.6 is 0 Å². The topological polar surface area (TPSA) is 66.9 Å². The lowest BCUT2D eigenvalue weighted by molar-refractivity contribution is 0.0752. The number of rotatable bonds is 7. The molecule has 1 heterocycles. The number of carbonyl (C=O) groups is 1. The molecule has 1 unspecified atom stereocenters. The number of methoxy groups -OCH3 is 1. The van der Waals surface area contributed by atoms with Crippen LogP contribution in [0.2, 0.25) is 0 Å². The summed E-state index contributed by atoms with van der Waals surface area (Å²) in [6.07, 6.45) is 0.635. The van der Waals surface area contributed by atoms with Crippen molar-refractivity contribution in [1.82, 2.24) is 4.90 Å². The monoisotopic (exact) mass is 482 g/mol. The van der Waals surface area contributed by atoms with Crippen molar-refractivity contribution >= 4 is 21.6 Å². The molecule has 1 aliphatic rings. The number of para-hydroxylation sites is 1. The third kappa shape index (κ3) is 4.37. The van der Waals surface area contributed by atoms with Gasteiger partial charge >= 0.3 is 0 Å². The Morgan fingerprint density at radius 3 is 2.59 bits per heavy atom. The van der Waals surface area contributed by atoms with Crippen LogP contribution in [0.3, 0.4) is 0 Å². The minimum atomic E-state index is -3.86. The predicted octanol–water partition coefficient (Wildman–Crippen LogP) is 4.64. The number of ether oxygens (including phenoxy) is 1. The van der Waals surface area contributed by atoms with Gasteiger partial charge in [0.15, 0.2) is 11.6 Å². The number of anilines is 1. The second-order valence-corrected chi connectivity index (χ2v) is 10.1. The van der Waals surface area contributed by atoms with Gasteiger partial charge in [0.2, 0.25) is 0 Å². The summed E-state index contributed by atoms with van der Waals surface area (Å²) >= 11 is 0. The van der Waals surface area contributed by atoms with Gasteiger partial charge in [0.25, 0.3) is 15.9 Å². The Morgan fingerprint density at radius 1 is 1.12 bits per heavy atom. The Kier molecular flexibility index (Phi) is 6.61. The fourth-order valence-electron chi connectivity index (χ4n) is 4.34. The fraction of sp³-hybridized carbons (Fsp3) is 0.269. The highest BCUT2D eigenvalue weighted by molar-refractivity contribution is 7.92. The molecule has 1 amide bonds. The molecule has 0 saturated carbocycles. The van der Waals surface area contributed by atoms with E-state index in [1.165, 1.54) is 35.7 Å². The summed E-state index contributed by atoms with van der Waals surface area (Å²) in [6.45, 7) is 4.25. The zero-order valence-electron chi connectivity index (χ0n) is 19.4. The molecule has 3 aromatic rings. The van der Waals surface area contributed by atoms with E-state index in [-0.39, 0.29) is 34.7 Å². The summed E-state index contributed by atoms with van der Waals surface area (Å²) in [4.78, 5) is 14.9. The molecule has 0 radical (unpaired) electrons. The van der Waals surface area contributed by atoms with Crippen molar-refractivity contribution in [2.24, 2.45) is 0 Å². The normalized spacial score (nSPS) is 15.2. The van der Waals surface area contributed by atoms with Crippen LogP contribution in [0.4, 0.5) is 10.1 Å². The lowest BCUT2D eigenvalue weighted by Crippen LogP contribution is -2.36. The molecule has 0 aliphatic carbocycles. The van der Waals surface area contributed by atoms with E-state index < -0.39 is 15.8 Å². The molecule has 0 fully saturated rings. The number of sulfonamides is 1. The van der Waals surface area contributed by atoms with Gasteiger partial charge in [-0.15, -0.1) is 0 Å². The summed E-state index contributed by atoms with van der Waals surface area (Å²) in [5.41, 5.74) is 2.52. The molecule has 6 nitrogen and oxygen atoms in total. The third-order valence-electron chi connectivity index (χ3n) is 6.04. The van der Waals surface area contributed by atoms with Crippen molar-refractivity contribution in [3.8, 4) is 5.75 Å². The van der Waals surface area contributed by atoms with Gasteiger partial charge in [-0.3, -0.25) is 9.10 Å². The summed E-state index contributed by atoms with van der Waals surface area (Å²) in [5, 5.41) is 0. The van der Waals surface area contributed by atoms with Crippen LogP contribution in [0.15, 0.2) is 71.6 Å². The minimum Gasteiger partial charge on any atom is -0.494 e. The van der Waals surface area contributed by atoms with Crippen LogP contribution < -0.4 is 9.04 Å². The number of carbonyl (C=O) groups excluding carboxylic acids is 1. The lowest BCUT2D eigenvalue weighted by Gasteiger charge is -2.25. The highest BCUT2D eigenvalue weighted by Gasteiger charge is 2.36. The van der Waals surface area contributed by atoms with Crippen LogP contribution in [-0.2, 0) is 23.0 Å². The molecule has 3 aromatic carbocycles. The molecule has 8 heteroatoms. The predicted molar refractivity (Wildman–Crippen MR) is 129 cm³/mol. The molecule has 34 heavy (non-hydrogen) atoms. The molecule has 0 bridgehead atoms. The van der Waals surface area contributed by atoms with Crippen molar-refractivity contribution in [1.29, 1.82) is 0 Å². The number of amides is 1. The Bertz CT molecular complexity index is 1330. The standard InChI is InChI=1S/C26H27FN2O4S/c1-4-28(17-19-12-13-25(33-3)23(27)15-19)26(30)21-9-7-10-22(16-21)34(31,32)29-18(2)14-20-8-5-6-11-24(20)29/h5-13,15-16,18H,4,14,17H2,1-3H3. The first kappa shape index (κ1) is 23.8. The van der Waals surface area contributed by atoms with Crippen molar-refractivity contribution < 1.29 is 22.3 Å². The summed E-state index contributed by atoms with van der Waals surface area (Å²) in [7, 11) is -2.47. The average molecular weight is 483 g/mol. The smallest absolute Gasteiger partial charge is 0.264 e. The van der Waals surface area contributed by atoms with E-state index in [0.717, 1.165) is 5.56 Å². The van der Waals surface area contributed by atoms with Gasteiger partial charge in [0.1, 0.15) is 0 Å². The number of halogens is 1. The quantitative estimate of drug-likeness (QED) is 0.492. The Labute approximate surface area is 199 Å². The van der Waals surface area contributed by atoms with Gasteiger partial charge in [0.05, 0.1) is 17.7 Å². The maximum Gasteiger partial charge on any atom is 0.264 e. The molecule has 178 valence electrons. The molecular weight excluding hydrogens is 455 g/mol. The van der Waals surface area contributed by atoms with E-state index >= 15 is 0 Å². The van der Waals surface area contributed by atoms with E-state index in [4.69, 9.17) is 4.74 Å². The van der Waals surface area contributed by atoms with Gasteiger partial charge in [0, 0.05) is 24.7 Å². The van der Waals surface area contributed by atoms with Crippen LogP contribution in [0.25, 0.3) is 0 Å². The number of hydrogen-bond donors (Lipinski definition) is 0. The first-order chi connectivity index (χ1) is 16.3. The van der Waals surface area contributed by atoms with Gasteiger partial charge < -0.3 is 9.64 Å². The zero-order chi connectivity index (χ0) is 24.5. The van der Waals surface area contributed by atoms with Crippen LogP contribution in [0.1, 0.15) is 35.3 Å². The molecule has 4 rings (SSSR count). The first-order valence-corrected chi connectivity index (χ1v) is 12.5. The van der Waals surface area contributed by atoms with Gasteiger partial charge in [-0.2, -0.15) is 0 Å². The third-order valence-corrected chi connectivity index (χ3v) is 7.97. The van der Waals surface area contributed by atoms with Gasteiger partial charge in [-0.05, 0) is 67.8 Å². The Morgan fingerprint density at radius 2 is 1.88 bits per heavy atom. The van der Waals surface area contributed by atoms with Crippen molar-refractivity contribution in [2.75, 3.05) is 18.0 Å². The van der Waals surface area contributed by atoms with Crippen LogP contribution in [0.5, 0.6) is 5.75 Å². The zero-order valence-corrected chi connectivity index (χ0v) is 20.2. The summed E-state index contributed by atoms with van der Waals surface area (Å²) < 4.78 is 47.6. The maximum atomic E-state index is 14.1. The first-order valence-electron chi connectivity index (χ1n) is 11.1. The number of fused-ring (bicyclic) bond motifs is 1. The number of hydrogen-bond acceptors (Lipinski definition) is 4. The molecular formula is C26H27FN2O4S. The molecule has 0 saturated heterocycles. The average Bonchev–Trinajstić information content (AvgIpc) is 3.18. The lowest BCUT2D eigenvalue weighted by atomic mass is 10.1. The maximum absolute atomic E-state index is 14.1. The van der Waals surface area contributed by atoms with Crippen molar-refractivity contribution in [3.63, 3.8) is 0 Å². The second kappa shape index (κ2) is 9.46. The van der Waals surface area contributed by atoms with E-state index in [1.54, 1.807) is 29.2 Å². The molecule has 0 N–H and O–H groups in total. The highest BCUT2D eigenvalue weighted by atomic mass is 32.2. The van der Waals surface area contributed by atoms with Gasteiger partial charge in [-0.25, -0.2) is 12.8 Å².